The number of benzene rings is 1. The molecule has 18 heavy (non-hydrogen) atoms. The highest BCUT2D eigenvalue weighted by molar-refractivity contribution is 5.35. The molecule has 3 unspecified atom stereocenters. The van der Waals surface area contributed by atoms with Crippen LogP contribution >= 0.6 is 0 Å². The summed E-state index contributed by atoms with van der Waals surface area (Å²) in [4.78, 5) is 2.57. The van der Waals surface area contributed by atoms with Gasteiger partial charge in [-0.25, -0.2) is 0 Å². The molecule has 2 nitrogen and oxygen atoms in total. The van der Waals surface area contributed by atoms with Crippen LogP contribution in [0.2, 0.25) is 0 Å². The van der Waals surface area contributed by atoms with E-state index in [1.54, 1.807) is 0 Å². The Kier molecular flexibility index (Phi) is 4.08. The van der Waals surface area contributed by atoms with Crippen LogP contribution in [-0.2, 0) is 0 Å². The van der Waals surface area contributed by atoms with Gasteiger partial charge >= 0.3 is 0 Å². The predicted octanol–water partition coefficient (Wildman–Crippen LogP) is 2.89. The fourth-order valence-electron chi connectivity index (χ4n) is 3.04. The fourth-order valence-corrected chi connectivity index (χ4v) is 3.04. The zero-order chi connectivity index (χ0) is 13.3. The van der Waals surface area contributed by atoms with Crippen molar-refractivity contribution < 1.29 is 0 Å². The third-order valence-corrected chi connectivity index (χ3v) is 4.69. The average Bonchev–Trinajstić information content (AvgIpc) is 2.66. The highest BCUT2D eigenvalue weighted by atomic mass is 15.2. The van der Waals surface area contributed by atoms with E-state index in [0.29, 0.717) is 12.6 Å². The molecular weight excluding hydrogens is 220 g/mol. The molecule has 1 aromatic rings. The lowest BCUT2D eigenvalue weighted by Gasteiger charge is -2.29. The highest BCUT2D eigenvalue weighted by Gasteiger charge is 2.31. The molecule has 1 aromatic carbocycles. The Hall–Kier alpha value is -0.860. The first-order valence-corrected chi connectivity index (χ1v) is 7.04. The molecule has 0 aliphatic carbocycles. The summed E-state index contributed by atoms with van der Waals surface area (Å²) in [6.45, 7) is 12.2. The summed E-state index contributed by atoms with van der Waals surface area (Å²) in [5, 5.41) is 0. The van der Waals surface area contributed by atoms with E-state index < -0.39 is 0 Å². The maximum Gasteiger partial charge on any atom is 0.0473 e. The van der Waals surface area contributed by atoms with Crippen LogP contribution in [0.3, 0.4) is 0 Å². The average molecular weight is 246 g/mol. The lowest BCUT2D eigenvalue weighted by atomic mass is 9.96. The normalized spacial score (nSPS) is 26.5. The Balaban J connectivity index is 2.26. The minimum absolute atomic E-state index is 0.386. The van der Waals surface area contributed by atoms with Crippen molar-refractivity contribution in [1.29, 1.82) is 0 Å². The topological polar surface area (TPSA) is 29.3 Å². The molecule has 1 aliphatic rings. The van der Waals surface area contributed by atoms with E-state index in [1.165, 1.54) is 29.8 Å². The van der Waals surface area contributed by atoms with Gasteiger partial charge in [0.15, 0.2) is 0 Å². The minimum atomic E-state index is 0.386. The number of nitrogens with zero attached hydrogens (tertiary/aromatic N) is 1. The monoisotopic (exact) mass is 246 g/mol. The number of aryl methyl sites for hydroxylation is 1. The molecule has 0 bridgehead atoms. The van der Waals surface area contributed by atoms with E-state index in [2.05, 4.69) is 50.8 Å². The van der Waals surface area contributed by atoms with Gasteiger partial charge in [0.05, 0.1) is 0 Å². The van der Waals surface area contributed by atoms with E-state index in [4.69, 9.17) is 5.73 Å². The van der Waals surface area contributed by atoms with Crippen molar-refractivity contribution >= 4 is 0 Å². The lowest BCUT2D eigenvalue weighted by molar-refractivity contribution is 0.239. The van der Waals surface area contributed by atoms with Crippen LogP contribution < -0.4 is 5.73 Å². The summed E-state index contributed by atoms with van der Waals surface area (Å²) < 4.78 is 0. The molecule has 1 aliphatic heterocycles. The van der Waals surface area contributed by atoms with Gasteiger partial charge in [-0.05, 0) is 42.4 Å². The van der Waals surface area contributed by atoms with Crippen molar-refractivity contribution in [2.75, 3.05) is 19.6 Å². The zero-order valence-corrected chi connectivity index (χ0v) is 12.1. The van der Waals surface area contributed by atoms with Gasteiger partial charge in [0.25, 0.3) is 0 Å². The third kappa shape index (κ3) is 2.45. The second kappa shape index (κ2) is 5.41. The van der Waals surface area contributed by atoms with Gasteiger partial charge in [-0.2, -0.15) is 0 Å². The van der Waals surface area contributed by atoms with E-state index in [-0.39, 0.29) is 0 Å². The summed E-state index contributed by atoms with van der Waals surface area (Å²) in [5.41, 5.74) is 10.2. The smallest absolute Gasteiger partial charge is 0.0473 e. The SMILES string of the molecule is Cc1cccc(C(CN)N2CC(C)C(C)C2)c1C. The fraction of sp³-hybridized carbons (Fsp3) is 0.625. The van der Waals surface area contributed by atoms with Crippen LogP contribution in [0.4, 0.5) is 0 Å². The Morgan fingerprint density at radius 1 is 1.22 bits per heavy atom. The molecule has 3 atom stereocenters. The van der Waals surface area contributed by atoms with Gasteiger partial charge < -0.3 is 5.73 Å². The van der Waals surface area contributed by atoms with Gasteiger partial charge in [-0.1, -0.05) is 32.0 Å². The van der Waals surface area contributed by atoms with Crippen LogP contribution in [0.1, 0.15) is 36.6 Å². The van der Waals surface area contributed by atoms with Crippen LogP contribution in [0, 0.1) is 25.7 Å². The van der Waals surface area contributed by atoms with E-state index in [9.17, 15) is 0 Å². The molecule has 1 heterocycles. The molecule has 100 valence electrons. The van der Waals surface area contributed by atoms with Gasteiger partial charge in [0.1, 0.15) is 0 Å². The summed E-state index contributed by atoms with van der Waals surface area (Å²) in [5.74, 6) is 1.56. The molecule has 2 rings (SSSR count). The molecule has 0 saturated carbocycles. The van der Waals surface area contributed by atoms with Crippen molar-refractivity contribution in [1.82, 2.24) is 4.90 Å². The molecule has 1 fully saturated rings. The number of rotatable bonds is 3. The van der Waals surface area contributed by atoms with Gasteiger partial charge in [-0.15, -0.1) is 0 Å². The Bertz CT molecular complexity index is 404. The number of hydrogen-bond acceptors (Lipinski definition) is 2. The molecule has 2 N–H and O–H groups in total. The summed E-state index contributed by atoms with van der Waals surface area (Å²) >= 11 is 0. The van der Waals surface area contributed by atoms with E-state index >= 15 is 0 Å². The van der Waals surface area contributed by atoms with Crippen LogP contribution in [0.15, 0.2) is 18.2 Å². The second-order valence-electron chi connectivity index (χ2n) is 5.95. The molecular formula is C16H26N2. The van der Waals surface area contributed by atoms with E-state index in [0.717, 1.165) is 11.8 Å². The number of likely N-dealkylation sites (tertiary alicyclic amines) is 1. The molecule has 0 aromatic heterocycles. The van der Waals surface area contributed by atoms with Crippen molar-refractivity contribution in [3.63, 3.8) is 0 Å². The van der Waals surface area contributed by atoms with Crippen molar-refractivity contribution in [3.8, 4) is 0 Å². The molecule has 2 heteroatoms. The van der Waals surface area contributed by atoms with Crippen molar-refractivity contribution in [2.45, 2.75) is 33.7 Å². The standard InChI is InChI=1S/C16H26N2/c1-11-6-5-7-15(14(11)4)16(8-17)18-9-12(2)13(3)10-18/h5-7,12-13,16H,8-10,17H2,1-4H3. The number of nitrogens with two attached hydrogens (primary N) is 1. The minimum Gasteiger partial charge on any atom is -0.329 e. The van der Waals surface area contributed by atoms with Gasteiger partial charge in [0.2, 0.25) is 0 Å². The number of hydrogen-bond donors (Lipinski definition) is 1. The zero-order valence-electron chi connectivity index (χ0n) is 12.1. The molecule has 0 amide bonds. The maximum atomic E-state index is 6.05. The first kappa shape index (κ1) is 13.6. The first-order valence-electron chi connectivity index (χ1n) is 7.04. The maximum absolute atomic E-state index is 6.05. The molecule has 0 radical (unpaired) electrons. The molecule has 0 spiro atoms. The quantitative estimate of drug-likeness (QED) is 0.888. The largest absolute Gasteiger partial charge is 0.329 e. The van der Waals surface area contributed by atoms with Crippen LogP contribution in [0.5, 0.6) is 0 Å². The van der Waals surface area contributed by atoms with Gasteiger partial charge in [-0.3, -0.25) is 4.90 Å². The van der Waals surface area contributed by atoms with Gasteiger partial charge in [0, 0.05) is 25.7 Å². The highest BCUT2D eigenvalue weighted by Crippen LogP contribution is 2.32. The second-order valence-corrected chi connectivity index (χ2v) is 5.95. The van der Waals surface area contributed by atoms with Crippen LogP contribution in [0.25, 0.3) is 0 Å². The Labute approximate surface area is 111 Å². The Morgan fingerprint density at radius 3 is 2.39 bits per heavy atom. The summed E-state index contributed by atoms with van der Waals surface area (Å²) in [6.07, 6.45) is 0. The van der Waals surface area contributed by atoms with Crippen molar-refractivity contribution in [2.24, 2.45) is 17.6 Å². The van der Waals surface area contributed by atoms with E-state index in [1.807, 2.05) is 0 Å². The summed E-state index contributed by atoms with van der Waals surface area (Å²) in [7, 11) is 0. The third-order valence-electron chi connectivity index (χ3n) is 4.69. The van der Waals surface area contributed by atoms with Crippen molar-refractivity contribution in [3.05, 3.63) is 34.9 Å². The lowest BCUT2D eigenvalue weighted by Crippen LogP contribution is -2.32. The summed E-state index contributed by atoms with van der Waals surface area (Å²) in [6, 6.07) is 6.97. The van der Waals surface area contributed by atoms with Crippen LogP contribution in [-0.4, -0.2) is 24.5 Å². The first-order chi connectivity index (χ1) is 8.54. The molecule has 1 saturated heterocycles. The Morgan fingerprint density at radius 2 is 1.83 bits per heavy atom. The predicted molar refractivity (Wildman–Crippen MR) is 77.6 cm³/mol.